The lowest BCUT2D eigenvalue weighted by atomic mass is 10.1. The quantitative estimate of drug-likeness (QED) is 0.410. The predicted octanol–water partition coefficient (Wildman–Crippen LogP) is 2.37. The molecule has 1 aliphatic carbocycles. The normalized spacial score (nSPS) is 13.6. The van der Waals surface area contributed by atoms with E-state index in [4.69, 9.17) is 0 Å². The molecule has 1 rings (SSSR count). The fourth-order valence-corrected chi connectivity index (χ4v) is 1.23. The van der Waals surface area contributed by atoms with Crippen molar-refractivity contribution >= 4 is 9.52 Å². The second kappa shape index (κ2) is 7.96. The Bertz CT molecular complexity index is 59.0. The van der Waals surface area contributed by atoms with E-state index in [1.165, 1.54) is 24.9 Å². The molecule has 0 spiro atoms. The molecular weight excluding hydrogens is 124 g/mol. The SMILES string of the molecule is C1=CCC1.CC[SiH2]CC. The zero-order valence-corrected chi connectivity index (χ0v) is 8.10. The van der Waals surface area contributed by atoms with Gasteiger partial charge in [0, 0.05) is 9.52 Å². The highest BCUT2D eigenvalue weighted by atomic mass is 28.2. The molecule has 0 aromatic carbocycles. The van der Waals surface area contributed by atoms with Crippen molar-refractivity contribution in [3.8, 4) is 0 Å². The minimum atomic E-state index is 0.432. The number of hydrogen-bond donors (Lipinski definition) is 0. The van der Waals surface area contributed by atoms with Gasteiger partial charge < -0.3 is 0 Å². The van der Waals surface area contributed by atoms with E-state index < -0.39 is 0 Å². The fourth-order valence-electron chi connectivity index (χ4n) is 0.520. The highest BCUT2D eigenvalue weighted by molar-refractivity contribution is 6.34. The van der Waals surface area contributed by atoms with Crippen molar-refractivity contribution < 1.29 is 0 Å². The molecule has 0 nitrogen and oxygen atoms in total. The van der Waals surface area contributed by atoms with E-state index >= 15 is 0 Å². The molecular formula is C8H18Si. The van der Waals surface area contributed by atoms with Crippen LogP contribution in [0.25, 0.3) is 0 Å². The molecule has 0 saturated heterocycles. The molecule has 0 bridgehead atoms. The Labute approximate surface area is 61.2 Å². The molecule has 0 unspecified atom stereocenters. The largest absolute Gasteiger partial charge is 0.0882 e. The van der Waals surface area contributed by atoms with Crippen molar-refractivity contribution in [3.05, 3.63) is 12.2 Å². The molecule has 0 heterocycles. The molecule has 1 heteroatoms. The van der Waals surface area contributed by atoms with Crippen molar-refractivity contribution in [1.82, 2.24) is 0 Å². The van der Waals surface area contributed by atoms with Crippen molar-refractivity contribution in [2.75, 3.05) is 0 Å². The van der Waals surface area contributed by atoms with Gasteiger partial charge in [0.2, 0.25) is 0 Å². The topological polar surface area (TPSA) is 0 Å². The van der Waals surface area contributed by atoms with Gasteiger partial charge in [-0.25, -0.2) is 0 Å². The number of hydrogen-bond acceptors (Lipinski definition) is 0. The van der Waals surface area contributed by atoms with E-state index in [1.807, 2.05) is 0 Å². The lowest BCUT2D eigenvalue weighted by Gasteiger charge is -1.92. The van der Waals surface area contributed by atoms with Crippen LogP contribution in [0, 0.1) is 0 Å². The predicted molar refractivity (Wildman–Crippen MR) is 47.9 cm³/mol. The summed E-state index contributed by atoms with van der Waals surface area (Å²) >= 11 is 0. The summed E-state index contributed by atoms with van der Waals surface area (Å²) in [5, 5.41) is 0. The molecule has 0 radical (unpaired) electrons. The molecule has 0 atom stereocenters. The van der Waals surface area contributed by atoms with Crippen LogP contribution >= 0.6 is 0 Å². The third kappa shape index (κ3) is 7.96. The first kappa shape index (κ1) is 8.96. The van der Waals surface area contributed by atoms with Gasteiger partial charge in [0.05, 0.1) is 0 Å². The van der Waals surface area contributed by atoms with Gasteiger partial charge in [-0.2, -0.15) is 0 Å². The Hall–Kier alpha value is -0.0431. The van der Waals surface area contributed by atoms with E-state index in [9.17, 15) is 0 Å². The average Bonchev–Trinajstić information content (AvgIpc) is 1.63. The highest BCUT2D eigenvalue weighted by Gasteiger charge is 1.81. The summed E-state index contributed by atoms with van der Waals surface area (Å²) in [6.07, 6.45) is 7.00. The minimum absolute atomic E-state index is 0.432. The maximum Gasteiger partial charge on any atom is 0.0192 e. The first-order valence-electron chi connectivity index (χ1n) is 4.06. The molecule has 0 aromatic heterocycles. The molecule has 1 aliphatic rings. The summed E-state index contributed by atoms with van der Waals surface area (Å²) in [6, 6.07) is 2.97. The first-order valence-corrected chi connectivity index (χ1v) is 6.06. The maximum atomic E-state index is 2.27. The van der Waals surface area contributed by atoms with Gasteiger partial charge >= 0.3 is 0 Å². The molecule has 0 N–H and O–H groups in total. The zero-order valence-electron chi connectivity index (χ0n) is 6.69. The summed E-state index contributed by atoms with van der Waals surface area (Å²) in [5.74, 6) is 0. The van der Waals surface area contributed by atoms with Crippen LogP contribution in [-0.4, -0.2) is 9.52 Å². The van der Waals surface area contributed by atoms with Crippen LogP contribution in [0.5, 0.6) is 0 Å². The summed E-state index contributed by atoms with van der Waals surface area (Å²) in [5.41, 5.74) is 0. The van der Waals surface area contributed by atoms with E-state index in [-0.39, 0.29) is 0 Å². The van der Waals surface area contributed by atoms with E-state index in [2.05, 4.69) is 26.0 Å². The standard InChI is InChI=1S/C4H12Si.C4H6/c1-3-5-4-2;1-2-4-3-1/h3-5H2,1-2H3;1-2H,3-4H2. The van der Waals surface area contributed by atoms with Gasteiger partial charge in [-0.1, -0.05) is 38.1 Å². The van der Waals surface area contributed by atoms with Crippen LogP contribution in [-0.2, 0) is 0 Å². The van der Waals surface area contributed by atoms with Gasteiger partial charge in [0.25, 0.3) is 0 Å². The average molecular weight is 142 g/mol. The zero-order chi connectivity index (χ0) is 6.95. The summed E-state index contributed by atoms with van der Waals surface area (Å²) in [7, 11) is 0.432. The summed E-state index contributed by atoms with van der Waals surface area (Å²) < 4.78 is 0. The third-order valence-corrected chi connectivity index (χ3v) is 2.79. The lowest BCUT2D eigenvalue weighted by Crippen LogP contribution is -1.76. The summed E-state index contributed by atoms with van der Waals surface area (Å²) in [6.45, 7) is 4.55. The molecule has 54 valence electrons. The number of rotatable bonds is 2. The van der Waals surface area contributed by atoms with Crippen LogP contribution in [0.4, 0.5) is 0 Å². The Balaban J connectivity index is 0.000000144. The van der Waals surface area contributed by atoms with Crippen molar-refractivity contribution in [3.63, 3.8) is 0 Å². The van der Waals surface area contributed by atoms with Crippen LogP contribution in [0.2, 0.25) is 12.1 Å². The maximum absolute atomic E-state index is 2.27. The monoisotopic (exact) mass is 142 g/mol. The van der Waals surface area contributed by atoms with Crippen molar-refractivity contribution in [2.24, 2.45) is 0 Å². The smallest absolute Gasteiger partial charge is 0.0192 e. The van der Waals surface area contributed by atoms with Crippen LogP contribution in [0.3, 0.4) is 0 Å². The Morgan fingerprint density at radius 3 is 1.44 bits per heavy atom. The molecule has 0 saturated carbocycles. The van der Waals surface area contributed by atoms with E-state index in [1.54, 1.807) is 0 Å². The van der Waals surface area contributed by atoms with Gasteiger partial charge in [-0.15, -0.1) is 0 Å². The fraction of sp³-hybridized carbons (Fsp3) is 0.750. The van der Waals surface area contributed by atoms with Crippen LogP contribution in [0.15, 0.2) is 12.2 Å². The van der Waals surface area contributed by atoms with Crippen molar-refractivity contribution in [2.45, 2.75) is 38.8 Å². The second-order valence-electron chi connectivity index (χ2n) is 2.40. The van der Waals surface area contributed by atoms with Gasteiger partial charge in [0.1, 0.15) is 0 Å². The van der Waals surface area contributed by atoms with Crippen LogP contribution < -0.4 is 0 Å². The first-order chi connectivity index (χ1) is 4.41. The number of allylic oxidation sites excluding steroid dienone is 2. The molecule has 0 aromatic rings. The van der Waals surface area contributed by atoms with Crippen molar-refractivity contribution in [1.29, 1.82) is 0 Å². The van der Waals surface area contributed by atoms with Gasteiger partial charge in [0.15, 0.2) is 0 Å². The minimum Gasteiger partial charge on any atom is -0.0882 e. The molecule has 0 fully saturated rings. The Kier molecular flexibility index (Phi) is 7.92. The summed E-state index contributed by atoms with van der Waals surface area (Å²) in [4.78, 5) is 0. The Morgan fingerprint density at radius 2 is 1.44 bits per heavy atom. The highest BCUT2D eigenvalue weighted by Crippen LogP contribution is 2.01. The lowest BCUT2D eigenvalue weighted by molar-refractivity contribution is 0.962. The molecule has 0 amide bonds. The molecule has 9 heavy (non-hydrogen) atoms. The van der Waals surface area contributed by atoms with E-state index in [0.717, 1.165) is 0 Å². The molecule has 0 aliphatic heterocycles. The Morgan fingerprint density at radius 1 is 1.11 bits per heavy atom. The second-order valence-corrected chi connectivity index (χ2v) is 5.11. The third-order valence-electron chi connectivity index (χ3n) is 1.37. The van der Waals surface area contributed by atoms with E-state index in [0.29, 0.717) is 9.52 Å². The van der Waals surface area contributed by atoms with Gasteiger partial charge in [-0.3, -0.25) is 0 Å². The van der Waals surface area contributed by atoms with Gasteiger partial charge in [-0.05, 0) is 12.8 Å². The van der Waals surface area contributed by atoms with Crippen LogP contribution in [0.1, 0.15) is 26.7 Å².